The van der Waals surface area contributed by atoms with Crippen molar-refractivity contribution in [3.63, 3.8) is 0 Å². The van der Waals surface area contributed by atoms with Crippen molar-refractivity contribution in [3.8, 4) is 11.5 Å². The number of carboxylic acids is 1. The second-order valence-electron chi connectivity index (χ2n) is 2.90. The number of aromatic hydroxyl groups is 2. The summed E-state index contributed by atoms with van der Waals surface area (Å²) in [6, 6.07) is 3.31. The summed E-state index contributed by atoms with van der Waals surface area (Å²) in [6.07, 6.45) is 0.508. The summed E-state index contributed by atoms with van der Waals surface area (Å²) < 4.78 is 0. The first kappa shape index (κ1) is 11.6. The van der Waals surface area contributed by atoms with E-state index in [4.69, 9.17) is 15.3 Å². The quantitative estimate of drug-likeness (QED) is 0.259. The highest BCUT2D eigenvalue weighted by atomic mass is 16.4. The number of aliphatic hydroxyl groups excluding tert-OH is 1. The molecular formula is C10H8O6. The summed E-state index contributed by atoms with van der Waals surface area (Å²) in [5.74, 6) is -4.47. The van der Waals surface area contributed by atoms with Gasteiger partial charge < -0.3 is 20.4 Å². The Kier molecular flexibility index (Phi) is 3.14. The Morgan fingerprint density at radius 2 is 1.69 bits per heavy atom. The Morgan fingerprint density at radius 1 is 1.06 bits per heavy atom. The van der Waals surface area contributed by atoms with Crippen LogP contribution in [0.3, 0.4) is 0 Å². The summed E-state index contributed by atoms with van der Waals surface area (Å²) in [6.45, 7) is 0. The van der Waals surface area contributed by atoms with Crippen molar-refractivity contribution in [1.82, 2.24) is 0 Å². The zero-order valence-corrected chi connectivity index (χ0v) is 7.91. The van der Waals surface area contributed by atoms with Gasteiger partial charge in [-0.05, 0) is 18.2 Å². The molecule has 0 fully saturated rings. The van der Waals surface area contributed by atoms with E-state index in [9.17, 15) is 14.7 Å². The molecule has 1 rings (SSSR count). The summed E-state index contributed by atoms with van der Waals surface area (Å²) in [7, 11) is 0. The Hall–Kier alpha value is -2.50. The predicted octanol–water partition coefficient (Wildman–Crippen LogP) is 0.650. The molecule has 84 valence electrons. The van der Waals surface area contributed by atoms with Gasteiger partial charge >= 0.3 is 5.97 Å². The average molecular weight is 224 g/mol. The number of phenolic OH excluding ortho intramolecular Hbond substituents is 2. The molecule has 0 atom stereocenters. The molecule has 0 amide bonds. The third-order valence-corrected chi connectivity index (χ3v) is 1.75. The van der Waals surface area contributed by atoms with Gasteiger partial charge in [-0.25, -0.2) is 4.79 Å². The third-order valence-electron chi connectivity index (χ3n) is 1.75. The highest BCUT2D eigenvalue weighted by Gasteiger charge is 2.11. The second-order valence-corrected chi connectivity index (χ2v) is 2.90. The molecular weight excluding hydrogens is 216 g/mol. The van der Waals surface area contributed by atoms with E-state index in [0.717, 1.165) is 12.1 Å². The maximum Gasteiger partial charge on any atom is 0.376 e. The normalized spacial score (nSPS) is 11.1. The number of phenols is 2. The molecule has 1 aromatic carbocycles. The zero-order chi connectivity index (χ0) is 12.3. The van der Waals surface area contributed by atoms with E-state index in [1.807, 2.05) is 0 Å². The predicted molar refractivity (Wildman–Crippen MR) is 53.0 cm³/mol. The highest BCUT2D eigenvalue weighted by Crippen LogP contribution is 2.27. The molecule has 0 radical (unpaired) electrons. The van der Waals surface area contributed by atoms with Gasteiger partial charge in [-0.3, -0.25) is 4.79 Å². The minimum atomic E-state index is -1.70. The van der Waals surface area contributed by atoms with Crippen LogP contribution in [-0.4, -0.2) is 32.2 Å². The van der Waals surface area contributed by atoms with Crippen molar-refractivity contribution < 1.29 is 30.0 Å². The Balaban J connectivity index is 3.05. The number of ketones is 1. The monoisotopic (exact) mass is 224 g/mol. The fourth-order valence-electron chi connectivity index (χ4n) is 0.952. The second kappa shape index (κ2) is 4.35. The number of carboxylic acid groups (broad SMARTS) is 1. The van der Waals surface area contributed by atoms with E-state index < -0.39 is 23.3 Å². The molecule has 0 aromatic heterocycles. The van der Waals surface area contributed by atoms with Gasteiger partial charge in [0, 0.05) is 11.6 Å². The van der Waals surface area contributed by atoms with Crippen molar-refractivity contribution in [2.24, 2.45) is 0 Å². The fourth-order valence-corrected chi connectivity index (χ4v) is 0.952. The number of aliphatic carboxylic acids is 1. The summed E-state index contributed by atoms with van der Waals surface area (Å²) in [5.41, 5.74) is 0.0184. The van der Waals surface area contributed by atoms with Gasteiger partial charge in [0.2, 0.25) is 0 Å². The zero-order valence-electron chi connectivity index (χ0n) is 7.91. The number of benzene rings is 1. The minimum absolute atomic E-state index is 0.0184. The van der Waals surface area contributed by atoms with Crippen LogP contribution in [0.5, 0.6) is 11.5 Å². The summed E-state index contributed by atoms with van der Waals surface area (Å²) in [5, 5.41) is 35.7. The molecule has 6 heteroatoms. The lowest BCUT2D eigenvalue weighted by Gasteiger charge is -2.01. The molecule has 0 bridgehead atoms. The van der Waals surface area contributed by atoms with E-state index in [1.165, 1.54) is 6.07 Å². The van der Waals surface area contributed by atoms with Gasteiger partial charge in [0.15, 0.2) is 11.5 Å². The van der Waals surface area contributed by atoms with Crippen LogP contribution in [-0.2, 0) is 9.59 Å². The van der Waals surface area contributed by atoms with Gasteiger partial charge in [0.05, 0.1) is 0 Å². The molecule has 0 heterocycles. The van der Waals surface area contributed by atoms with Crippen LogP contribution in [0.2, 0.25) is 0 Å². The van der Waals surface area contributed by atoms with Crippen LogP contribution >= 0.6 is 0 Å². The van der Waals surface area contributed by atoms with Gasteiger partial charge in [0.1, 0.15) is 5.76 Å². The number of rotatable bonds is 3. The van der Waals surface area contributed by atoms with Gasteiger partial charge in [0.25, 0.3) is 5.78 Å². The van der Waals surface area contributed by atoms with Crippen molar-refractivity contribution >= 4 is 17.5 Å². The molecule has 1 aromatic rings. The van der Waals surface area contributed by atoms with Crippen LogP contribution in [0, 0.1) is 0 Å². The lowest BCUT2D eigenvalue weighted by molar-refractivity contribution is -0.146. The molecule has 0 saturated heterocycles. The van der Waals surface area contributed by atoms with Gasteiger partial charge in [-0.1, -0.05) is 0 Å². The van der Waals surface area contributed by atoms with Crippen LogP contribution in [0.25, 0.3) is 5.76 Å². The number of aliphatic hydroxyl groups is 1. The fraction of sp³-hybridized carbons (Fsp3) is 0. The molecule has 0 saturated carbocycles. The lowest BCUT2D eigenvalue weighted by atomic mass is 10.1. The minimum Gasteiger partial charge on any atom is -0.507 e. The molecule has 0 unspecified atom stereocenters. The van der Waals surface area contributed by atoms with Crippen molar-refractivity contribution in [1.29, 1.82) is 0 Å². The maximum atomic E-state index is 10.7. The lowest BCUT2D eigenvalue weighted by Crippen LogP contribution is -2.09. The van der Waals surface area contributed by atoms with Gasteiger partial charge in [-0.2, -0.15) is 0 Å². The standard InChI is InChI=1S/C10H8O6/c11-6-2-1-5(3-8(6)13)7(12)4-9(14)10(15)16/h1-4,11-13H,(H,15,16)/b7-4-. The largest absolute Gasteiger partial charge is 0.507 e. The van der Waals surface area contributed by atoms with E-state index in [1.54, 1.807) is 0 Å². The van der Waals surface area contributed by atoms with E-state index in [2.05, 4.69) is 0 Å². The molecule has 4 N–H and O–H groups in total. The molecule has 0 aliphatic rings. The van der Waals surface area contributed by atoms with Crippen LogP contribution in [0.15, 0.2) is 24.3 Å². The van der Waals surface area contributed by atoms with Crippen LogP contribution < -0.4 is 0 Å². The Labute approximate surface area is 89.7 Å². The number of carbonyl (C=O) groups excluding carboxylic acids is 1. The molecule has 0 aliphatic heterocycles. The SMILES string of the molecule is O=C(O)C(=O)/C=C(\O)c1ccc(O)c(O)c1. The highest BCUT2D eigenvalue weighted by molar-refractivity contribution is 6.38. The first-order valence-electron chi connectivity index (χ1n) is 4.12. The molecule has 6 nitrogen and oxygen atoms in total. The first-order valence-corrected chi connectivity index (χ1v) is 4.12. The topological polar surface area (TPSA) is 115 Å². The maximum absolute atomic E-state index is 10.7. The molecule has 0 aliphatic carbocycles. The van der Waals surface area contributed by atoms with Crippen molar-refractivity contribution in [2.75, 3.05) is 0 Å². The van der Waals surface area contributed by atoms with E-state index in [0.29, 0.717) is 6.08 Å². The Bertz CT molecular complexity index is 474. The van der Waals surface area contributed by atoms with Crippen molar-refractivity contribution in [3.05, 3.63) is 29.8 Å². The summed E-state index contributed by atoms with van der Waals surface area (Å²) in [4.78, 5) is 20.9. The number of carbonyl (C=O) groups is 2. The molecule has 0 spiro atoms. The Morgan fingerprint density at radius 3 is 2.19 bits per heavy atom. The van der Waals surface area contributed by atoms with Crippen LogP contribution in [0.4, 0.5) is 0 Å². The first-order chi connectivity index (χ1) is 7.41. The number of hydrogen-bond donors (Lipinski definition) is 4. The van der Waals surface area contributed by atoms with E-state index in [-0.39, 0.29) is 11.3 Å². The summed E-state index contributed by atoms with van der Waals surface area (Å²) >= 11 is 0. The number of hydrogen-bond acceptors (Lipinski definition) is 5. The van der Waals surface area contributed by atoms with Crippen molar-refractivity contribution in [2.45, 2.75) is 0 Å². The van der Waals surface area contributed by atoms with E-state index >= 15 is 0 Å². The molecule has 16 heavy (non-hydrogen) atoms. The van der Waals surface area contributed by atoms with Crippen LogP contribution in [0.1, 0.15) is 5.56 Å². The smallest absolute Gasteiger partial charge is 0.376 e. The average Bonchev–Trinajstić information content (AvgIpc) is 2.21. The third kappa shape index (κ3) is 2.50. The van der Waals surface area contributed by atoms with Gasteiger partial charge in [-0.15, -0.1) is 0 Å².